The highest BCUT2D eigenvalue weighted by Crippen LogP contribution is 2.27. The number of likely N-dealkylation sites (N-methyl/N-ethyl adjacent to an activating group) is 1. The van der Waals surface area contributed by atoms with E-state index in [2.05, 4.69) is 0 Å². The van der Waals surface area contributed by atoms with Gasteiger partial charge in [0, 0.05) is 38.1 Å². The fourth-order valence-electron chi connectivity index (χ4n) is 3.67. The Morgan fingerprint density at radius 3 is 1.71 bits per heavy atom. The normalized spacial score (nSPS) is 17.9. The zero-order valence-corrected chi connectivity index (χ0v) is 16.0. The van der Waals surface area contributed by atoms with Gasteiger partial charge in [0.1, 0.15) is 0 Å². The number of aliphatic carboxylic acids is 4. The maximum Gasteiger partial charge on any atom is 0.317 e. The zero-order chi connectivity index (χ0) is 21.3. The van der Waals surface area contributed by atoms with Gasteiger partial charge in [-0.3, -0.25) is 33.9 Å². The SMILES string of the molecule is CN(CC(=O)O)C1(CCCCC(=O)O)CN(CC(=O)O)CCN(CC(=O)O)C1. The summed E-state index contributed by atoms with van der Waals surface area (Å²) in [7, 11) is 1.62. The fraction of sp³-hybridized carbons (Fsp3) is 0.765. The molecule has 1 fully saturated rings. The first-order chi connectivity index (χ1) is 13.0. The molecular formula is C17H29N3O8. The highest BCUT2D eigenvalue weighted by atomic mass is 16.4. The Morgan fingerprint density at radius 2 is 1.32 bits per heavy atom. The van der Waals surface area contributed by atoms with Crippen molar-refractivity contribution >= 4 is 23.9 Å². The largest absolute Gasteiger partial charge is 0.481 e. The van der Waals surface area contributed by atoms with Gasteiger partial charge in [0.2, 0.25) is 0 Å². The molecule has 4 N–H and O–H groups in total. The summed E-state index contributed by atoms with van der Waals surface area (Å²) < 4.78 is 0. The molecule has 0 aliphatic carbocycles. The van der Waals surface area contributed by atoms with Crippen LogP contribution in [0.15, 0.2) is 0 Å². The molecule has 1 aliphatic heterocycles. The van der Waals surface area contributed by atoms with E-state index in [9.17, 15) is 34.5 Å². The van der Waals surface area contributed by atoms with Crippen molar-refractivity contribution in [2.45, 2.75) is 31.2 Å². The van der Waals surface area contributed by atoms with E-state index in [1.54, 1.807) is 21.7 Å². The molecule has 1 heterocycles. The van der Waals surface area contributed by atoms with Gasteiger partial charge < -0.3 is 20.4 Å². The summed E-state index contributed by atoms with van der Waals surface area (Å²) in [6.07, 6.45) is 1.31. The van der Waals surface area contributed by atoms with Crippen molar-refractivity contribution in [3.8, 4) is 0 Å². The Hall–Kier alpha value is -2.24. The van der Waals surface area contributed by atoms with Crippen LogP contribution in [0.1, 0.15) is 25.7 Å². The highest BCUT2D eigenvalue weighted by molar-refractivity contribution is 5.70. The predicted octanol–water partition coefficient (Wildman–Crippen LogP) is -0.827. The van der Waals surface area contributed by atoms with E-state index in [-0.39, 0.29) is 39.1 Å². The van der Waals surface area contributed by atoms with Gasteiger partial charge >= 0.3 is 23.9 Å². The average molecular weight is 403 g/mol. The monoisotopic (exact) mass is 403 g/mol. The topological polar surface area (TPSA) is 159 Å². The molecule has 0 spiro atoms. The first-order valence-electron chi connectivity index (χ1n) is 9.07. The molecule has 1 rings (SSSR count). The molecule has 1 aliphatic rings. The van der Waals surface area contributed by atoms with E-state index < -0.39 is 29.4 Å². The molecule has 11 nitrogen and oxygen atoms in total. The number of rotatable bonds is 12. The van der Waals surface area contributed by atoms with Crippen molar-refractivity contribution in [1.29, 1.82) is 0 Å². The first kappa shape index (κ1) is 23.8. The molecule has 0 aromatic carbocycles. The zero-order valence-electron chi connectivity index (χ0n) is 16.0. The van der Waals surface area contributed by atoms with Gasteiger partial charge in [0.25, 0.3) is 0 Å². The number of carboxylic acid groups (broad SMARTS) is 4. The smallest absolute Gasteiger partial charge is 0.317 e. The highest BCUT2D eigenvalue weighted by Gasteiger charge is 2.41. The van der Waals surface area contributed by atoms with Gasteiger partial charge in [-0.25, -0.2) is 0 Å². The number of carbonyl (C=O) groups is 4. The van der Waals surface area contributed by atoms with Crippen LogP contribution < -0.4 is 0 Å². The van der Waals surface area contributed by atoms with E-state index in [1.165, 1.54) is 0 Å². The van der Waals surface area contributed by atoms with Gasteiger partial charge in [-0.2, -0.15) is 0 Å². The first-order valence-corrected chi connectivity index (χ1v) is 9.07. The molecule has 0 aromatic rings. The van der Waals surface area contributed by atoms with Crippen molar-refractivity contribution in [3.63, 3.8) is 0 Å². The molecule has 0 bridgehead atoms. The Labute approximate surface area is 163 Å². The number of nitrogens with zero attached hydrogens (tertiary/aromatic N) is 3. The van der Waals surface area contributed by atoms with E-state index in [0.29, 0.717) is 32.4 Å². The number of unbranched alkanes of at least 4 members (excludes halogenated alkanes) is 1. The predicted molar refractivity (Wildman–Crippen MR) is 97.3 cm³/mol. The van der Waals surface area contributed by atoms with Crippen LogP contribution in [-0.2, 0) is 19.2 Å². The van der Waals surface area contributed by atoms with E-state index >= 15 is 0 Å². The molecule has 0 atom stereocenters. The lowest BCUT2D eigenvalue weighted by Gasteiger charge is -2.44. The van der Waals surface area contributed by atoms with Crippen molar-refractivity contribution in [1.82, 2.24) is 14.7 Å². The molecule has 0 radical (unpaired) electrons. The Kier molecular flexibility index (Phi) is 9.29. The number of hydrogen-bond donors (Lipinski definition) is 4. The molecule has 28 heavy (non-hydrogen) atoms. The second kappa shape index (κ2) is 10.9. The molecule has 1 saturated heterocycles. The fourth-order valence-corrected chi connectivity index (χ4v) is 3.67. The van der Waals surface area contributed by atoms with Crippen LogP contribution in [0.5, 0.6) is 0 Å². The third-order valence-electron chi connectivity index (χ3n) is 4.95. The minimum Gasteiger partial charge on any atom is -0.481 e. The molecule has 0 aromatic heterocycles. The van der Waals surface area contributed by atoms with Crippen LogP contribution in [0.2, 0.25) is 0 Å². The summed E-state index contributed by atoms with van der Waals surface area (Å²) in [5.41, 5.74) is -0.807. The lowest BCUT2D eigenvalue weighted by Crippen LogP contribution is -2.59. The maximum absolute atomic E-state index is 11.3. The minimum absolute atomic E-state index is 0.0175. The minimum atomic E-state index is -1.05. The molecule has 0 amide bonds. The van der Waals surface area contributed by atoms with Gasteiger partial charge in [-0.1, -0.05) is 6.42 Å². The van der Waals surface area contributed by atoms with Crippen LogP contribution in [-0.4, -0.2) is 117 Å². The van der Waals surface area contributed by atoms with Crippen molar-refractivity contribution in [3.05, 3.63) is 0 Å². The molecule has 0 saturated carbocycles. The number of carboxylic acids is 4. The second-order valence-corrected chi connectivity index (χ2v) is 7.28. The van der Waals surface area contributed by atoms with Crippen LogP contribution in [0.3, 0.4) is 0 Å². The lowest BCUT2D eigenvalue weighted by molar-refractivity contribution is -0.142. The van der Waals surface area contributed by atoms with E-state index in [1.807, 2.05) is 0 Å². The van der Waals surface area contributed by atoms with Crippen LogP contribution >= 0.6 is 0 Å². The van der Waals surface area contributed by atoms with Crippen molar-refractivity contribution < 1.29 is 39.6 Å². The lowest BCUT2D eigenvalue weighted by atomic mass is 9.89. The third kappa shape index (κ3) is 8.19. The van der Waals surface area contributed by atoms with E-state index in [4.69, 9.17) is 5.11 Å². The van der Waals surface area contributed by atoms with Crippen LogP contribution in [0.4, 0.5) is 0 Å². The summed E-state index contributed by atoms with van der Waals surface area (Å²) in [5, 5.41) is 36.4. The quantitative estimate of drug-likeness (QED) is 0.301. The van der Waals surface area contributed by atoms with Gasteiger partial charge in [-0.05, 0) is 19.9 Å². The summed E-state index contributed by atoms with van der Waals surface area (Å²) in [6, 6.07) is 0. The summed E-state index contributed by atoms with van der Waals surface area (Å²) in [4.78, 5) is 49.5. The summed E-state index contributed by atoms with van der Waals surface area (Å²) in [6.45, 7) is 0.436. The average Bonchev–Trinajstić information content (AvgIpc) is 2.70. The number of hydrogen-bond acceptors (Lipinski definition) is 7. The molecular weight excluding hydrogens is 374 g/mol. The Balaban J connectivity index is 3.11. The maximum atomic E-state index is 11.3. The van der Waals surface area contributed by atoms with Crippen molar-refractivity contribution in [2.24, 2.45) is 0 Å². The molecule has 160 valence electrons. The standard InChI is InChI=1S/C17H29N3O8/c1-18(8-14(23)24)17(5-3-2-4-13(21)22)11-19(9-15(25)26)6-7-20(12-17)10-16(27)28/h2-12H2,1H3,(H,21,22)(H,23,24)(H,25,26)(H,27,28). The van der Waals surface area contributed by atoms with E-state index in [0.717, 1.165) is 0 Å². The van der Waals surface area contributed by atoms with Gasteiger partial charge in [0.15, 0.2) is 0 Å². The van der Waals surface area contributed by atoms with Gasteiger partial charge in [0.05, 0.1) is 19.6 Å². The molecule has 11 heteroatoms. The second-order valence-electron chi connectivity index (χ2n) is 7.28. The Morgan fingerprint density at radius 1 is 0.821 bits per heavy atom. The van der Waals surface area contributed by atoms with Gasteiger partial charge in [-0.15, -0.1) is 0 Å². The third-order valence-corrected chi connectivity index (χ3v) is 4.95. The summed E-state index contributed by atoms with van der Waals surface area (Å²) >= 11 is 0. The van der Waals surface area contributed by atoms with Crippen molar-refractivity contribution in [2.75, 3.05) is 52.9 Å². The van der Waals surface area contributed by atoms with Crippen LogP contribution in [0, 0.1) is 0 Å². The van der Waals surface area contributed by atoms with Crippen LogP contribution in [0.25, 0.3) is 0 Å². The Bertz CT molecular complexity index is 557. The summed E-state index contributed by atoms with van der Waals surface area (Å²) in [5.74, 6) is -4.01. The molecule has 0 unspecified atom stereocenters.